The van der Waals surface area contributed by atoms with E-state index in [1.807, 2.05) is 0 Å². The Kier molecular flexibility index (Phi) is 4.22. The molecule has 1 N–H and O–H groups in total. The van der Waals surface area contributed by atoms with Crippen LogP contribution < -0.4 is 10.2 Å². The molecule has 0 aliphatic carbocycles. The zero-order chi connectivity index (χ0) is 15.5. The van der Waals surface area contributed by atoms with Gasteiger partial charge in [-0.15, -0.1) is 10.2 Å². The molecular weight excluding hydrogens is 280 g/mol. The SMILES string of the molecule is CCc1cc(N2CCC(CNC(C)=O)CC2)c2nncn2n1. The minimum Gasteiger partial charge on any atom is -0.368 e. The van der Waals surface area contributed by atoms with Crippen LogP contribution >= 0.6 is 0 Å². The smallest absolute Gasteiger partial charge is 0.216 e. The third-order valence-electron chi connectivity index (χ3n) is 4.26. The minimum absolute atomic E-state index is 0.0503. The number of carbonyl (C=O) groups is 1. The van der Waals surface area contributed by atoms with Gasteiger partial charge in [0.05, 0.1) is 11.4 Å². The molecule has 1 saturated heterocycles. The van der Waals surface area contributed by atoms with E-state index in [-0.39, 0.29) is 5.91 Å². The maximum atomic E-state index is 11.0. The van der Waals surface area contributed by atoms with Gasteiger partial charge in [0.25, 0.3) is 0 Å². The highest BCUT2D eigenvalue weighted by atomic mass is 16.1. The van der Waals surface area contributed by atoms with Crippen molar-refractivity contribution in [3.63, 3.8) is 0 Å². The number of aromatic nitrogens is 4. The van der Waals surface area contributed by atoms with Crippen molar-refractivity contribution in [2.45, 2.75) is 33.1 Å². The van der Waals surface area contributed by atoms with E-state index in [4.69, 9.17) is 0 Å². The summed E-state index contributed by atoms with van der Waals surface area (Å²) in [5, 5.41) is 15.6. The quantitative estimate of drug-likeness (QED) is 0.913. The number of carbonyl (C=O) groups excluding carboxylic acids is 1. The molecule has 1 fully saturated rings. The first-order chi connectivity index (χ1) is 10.7. The van der Waals surface area contributed by atoms with E-state index >= 15 is 0 Å². The van der Waals surface area contributed by atoms with E-state index in [0.29, 0.717) is 5.92 Å². The molecule has 3 rings (SSSR count). The van der Waals surface area contributed by atoms with Crippen molar-refractivity contribution in [3.05, 3.63) is 18.1 Å². The maximum Gasteiger partial charge on any atom is 0.216 e. The van der Waals surface area contributed by atoms with Gasteiger partial charge >= 0.3 is 0 Å². The summed E-state index contributed by atoms with van der Waals surface area (Å²) in [7, 11) is 0. The summed E-state index contributed by atoms with van der Waals surface area (Å²) in [6.07, 6.45) is 4.69. The van der Waals surface area contributed by atoms with Gasteiger partial charge < -0.3 is 10.2 Å². The maximum absolute atomic E-state index is 11.0. The Labute approximate surface area is 129 Å². The van der Waals surface area contributed by atoms with Crippen molar-refractivity contribution in [3.8, 4) is 0 Å². The van der Waals surface area contributed by atoms with Gasteiger partial charge in [0.15, 0.2) is 0 Å². The number of hydrogen-bond acceptors (Lipinski definition) is 5. The van der Waals surface area contributed by atoms with Gasteiger partial charge in [-0.2, -0.15) is 9.61 Å². The summed E-state index contributed by atoms with van der Waals surface area (Å²) in [6.45, 7) is 6.39. The number of hydrogen-bond donors (Lipinski definition) is 1. The Morgan fingerprint density at radius 2 is 2.18 bits per heavy atom. The Hall–Kier alpha value is -2.18. The second-order valence-corrected chi connectivity index (χ2v) is 5.84. The highest BCUT2D eigenvalue weighted by Gasteiger charge is 2.22. The fourth-order valence-corrected chi connectivity index (χ4v) is 2.93. The van der Waals surface area contributed by atoms with Crippen LogP contribution in [0.1, 0.15) is 32.4 Å². The summed E-state index contributed by atoms with van der Waals surface area (Å²) in [6, 6.07) is 2.12. The number of anilines is 1. The highest BCUT2D eigenvalue weighted by Crippen LogP contribution is 2.26. The number of fused-ring (bicyclic) bond motifs is 1. The first-order valence-corrected chi connectivity index (χ1v) is 7.86. The second-order valence-electron chi connectivity index (χ2n) is 5.84. The summed E-state index contributed by atoms with van der Waals surface area (Å²) >= 11 is 0. The van der Waals surface area contributed by atoms with Crippen molar-refractivity contribution >= 4 is 17.2 Å². The van der Waals surface area contributed by atoms with E-state index in [1.165, 1.54) is 0 Å². The molecule has 22 heavy (non-hydrogen) atoms. The Morgan fingerprint density at radius 1 is 1.41 bits per heavy atom. The standard InChI is InChI=1S/C15H22N6O/c1-3-13-8-14(15-18-17-10-21(15)19-13)20-6-4-12(5-7-20)9-16-11(2)22/h8,10,12H,3-7,9H2,1-2H3,(H,16,22). The van der Waals surface area contributed by atoms with Gasteiger partial charge in [0.2, 0.25) is 11.6 Å². The van der Waals surface area contributed by atoms with Crippen LogP contribution in [0.4, 0.5) is 5.69 Å². The summed E-state index contributed by atoms with van der Waals surface area (Å²) in [5.41, 5.74) is 2.97. The fourth-order valence-electron chi connectivity index (χ4n) is 2.93. The molecular formula is C15H22N6O. The van der Waals surface area contributed by atoms with Crippen LogP contribution in [-0.4, -0.2) is 45.4 Å². The van der Waals surface area contributed by atoms with Gasteiger partial charge in [0.1, 0.15) is 6.33 Å². The molecule has 3 heterocycles. The summed E-state index contributed by atoms with van der Waals surface area (Å²) in [5.74, 6) is 0.607. The van der Waals surface area contributed by atoms with Gasteiger partial charge in [0, 0.05) is 26.6 Å². The first-order valence-electron chi connectivity index (χ1n) is 7.86. The lowest BCUT2D eigenvalue weighted by molar-refractivity contribution is -0.119. The van der Waals surface area contributed by atoms with Crippen molar-refractivity contribution < 1.29 is 4.79 Å². The fraction of sp³-hybridized carbons (Fsp3) is 0.600. The normalized spacial score (nSPS) is 16.2. The van der Waals surface area contributed by atoms with E-state index in [9.17, 15) is 4.79 Å². The molecule has 0 radical (unpaired) electrons. The molecule has 0 atom stereocenters. The predicted octanol–water partition coefficient (Wildman–Crippen LogP) is 1.04. The lowest BCUT2D eigenvalue weighted by Crippen LogP contribution is -2.38. The number of nitrogens with one attached hydrogen (secondary N) is 1. The molecule has 1 aliphatic heterocycles. The Morgan fingerprint density at radius 3 is 2.86 bits per heavy atom. The number of aryl methyl sites for hydroxylation is 1. The van der Waals surface area contributed by atoms with E-state index in [1.54, 1.807) is 17.8 Å². The lowest BCUT2D eigenvalue weighted by atomic mass is 9.96. The largest absolute Gasteiger partial charge is 0.368 e. The molecule has 0 saturated carbocycles. The molecule has 0 aromatic carbocycles. The summed E-state index contributed by atoms with van der Waals surface area (Å²) < 4.78 is 1.76. The van der Waals surface area contributed by atoms with Crippen LogP contribution in [0.5, 0.6) is 0 Å². The lowest BCUT2D eigenvalue weighted by Gasteiger charge is -2.33. The Balaban J connectivity index is 1.73. The van der Waals surface area contributed by atoms with Gasteiger partial charge in [-0.05, 0) is 31.2 Å². The first kappa shape index (κ1) is 14.7. The number of nitrogens with zero attached hydrogens (tertiary/aromatic N) is 5. The molecule has 2 aromatic rings. The molecule has 1 amide bonds. The molecule has 1 aliphatic rings. The molecule has 2 aromatic heterocycles. The van der Waals surface area contributed by atoms with Crippen molar-refractivity contribution in [1.29, 1.82) is 0 Å². The van der Waals surface area contributed by atoms with E-state index < -0.39 is 0 Å². The Bertz CT molecular complexity index is 659. The van der Waals surface area contributed by atoms with Crippen LogP contribution in [0.15, 0.2) is 12.4 Å². The van der Waals surface area contributed by atoms with Gasteiger partial charge in [-0.25, -0.2) is 0 Å². The molecule has 118 valence electrons. The van der Waals surface area contributed by atoms with Crippen LogP contribution in [0, 0.1) is 5.92 Å². The molecule has 7 heteroatoms. The highest BCUT2D eigenvalue weighted by molar-refractivity contribution is 5.72. The van der Waals surface area contributed by atoms with Crippen LogP contribution in [-0.2, 0) is 11.2 Å². The number of amides is 1. The zero-order valence-corrected chi connectivity index (χ0v) is 13.1. The molecule has 7 nitrogen and oxygen atoms in total. The minimum atomic E-state index is 0.0503. The van der Waals surface area contributed by atoms with Crippen LogP contribution in [0.2, 0.25) is 0 Å². The number of piperidine rings is 1. The predicted molar refractivity (Wildman–Crippen MR) is 83.8 cm³/mol. The average molecular weight is 302 g/mol. The van der Waals surface area contributed by atoms with Crippen molar-refractivity contribution in [1.82, 2.24) is 25.1 Å². The van der Waals surface area contributed by atoms with Crippen molar-refractivity contribution in [2.24, 2.45) is 5.92 Å². The monoisotopic (exact) mass is 302 g/mol. The average Bonchev–Trinajstić information content (AvgIpc) is 3.00. The van der Waals surface area contributed by atoms with Gasteiger partial charge in [-0.1, -0.05) is 6.92 Å². The van der Waals surface area contributed by atoms with E-state index in [2.05, 4.69) is 38.5 Å². The van der Waals surface area contributed by atoms with Crippen LogP contribution in [0.25, 0.3) is 5.65 Å². The molecule has 0 bridgehead atoms. The number of rotatable bonds is 4. The third kappa shape index (κ3) is 3.03. The van der Waals surface area contributed by atoms with Gasteiger partial charge in [-0.3, -0.25) is 4.79 Å². The second kappa shape index (κ2) is 6.29. The van der Waals surface area contributed by atoms with Crippen LogP contribution in [0.3, 0.4) is 0 Å². The third-order valence-corrected chi connectivity index (χ3v) is 4.26. The topological polar surface area (TPSA) is 75.4 Å². The van der Waals surface area contributed by atoms with E-state index in [0.717, 1.165) is 55.9 Å². The van der Waals surface area contributed by atoms with Crippen molar-refractivity contribution in [2.75, 3.05) is 24.5 Å². The zero-order valence-electron chi connectivity index (χ0n) is 13.1. The molecule has 0 unspecified atom stereocenters. The molecule has 0 spiro atoms. The summed E-state index contributed by atoms with van der Waals surface area (Å²) in [4.78, 5) is 13.4.